The Morgan fingerprint density at radius 1 is 1.70 bits per heavy atom. The van der Waals surface area contributed by atoms with Gasteiger partial charge in [-0.3, -0.25) is 0 Å². The molecule has 0 radical (unpaired) electrons. The summed E-state index contributed by atoms with van der Waals surface area (Å²) in [6.45, 7) is 1.81. The van der Waals surface area contributed by atoms with E-state index < -0.39 is 5.97 Å². The summed E-state index contributed by atoms with van der Waals surface area (Å²) in [6.07, 6.45) is 0. The van der Waals surface area contributed by atoms with Gasteiger partial charge in [-0.05, 0) is 0 Å². The molecule has 10 heavy (non-hydrogen) atoms. The summed E-state index contributed by atoms with van der Waals surface area (Å²) in [5.41, 5.74) is 0. The summed E-state index contributed by atoms with van der Waals surface area (Å²) in [5, 5.41) is 16.6. The number of hydrogen-bond acceptors (Lipinski definition) is 3. The molecule has 0 aliphatic rings. The molecular weight excluding hydrogens is 136 g/mol. The van der Waals surface area contributed by atoms with Crippen molar-refractivity contribution in [1.29, 1.82) is 0 Å². The number of aliphatic hydroxyl groups is 1. The summed E-state index contributed by atoms with van der Waals surface area (Å²) in [7, 11) is 0. The predicted molar refractivity (Wildman–Crippen MR) is 34.7 cm³/mol. The average Bonchev–Trinajstić information content (AvgIpc) is 1.87. The summed E-state index contributed by atoms with van der Waals surface area (Å²) in [6, 6.07) is 0. The lowest BCUT2D eigenvalue weighted by atomic mass is 10.2. The van der Waals surface area contributed by atoms with Gasteiger partial charge in [0.1, 0.15) is 6.61 Å². The van der Waals surface area contributed by atoms with E-state index in [9.17, 15) is 4.79 Å². The molecule has 2 N–H and O–H groups in total. The van der Waals surface area contributed by atoms with Crippen molar-refractivity contribution in [3.05, 3.63) is 0 Å². The van der Waals surface area contributed by atoms with Crippen LogP contribution in [0.3, 0.4) is 0 Å². The van der Waals surface area contributed by atoms with Crippen LogP contribution in [0.4, 0.5) is 0 Å². The SMILES string of the molecule is C[C@@H](CO)COCC(=O)O. The largest absolute Gasteiger partial charge is 0.480 e. The first-order valence-electron chi connectivity index (χ1n) is 3.07. The molecule has 0 aliphatic heterocycles. The molecule has 4 heteroatoms. The predicted octanol–water partition coefficient (Wildman–Crippen LogP) is -0.284. The Balaban J connectivity index is 3.11. The quantitative estimate of drug-likeness (QED) is 0.562. The summed E-state index contributed by atoms with van der Waals surface area (Å²) in [4.78, 5) is 9.88. The first-order chi connectivity index (χ1) is 4.66. The van der Waals surface area contributed by atoms with Crippen molar-refractivity contribution in [2.24, 2.45) is 5.92 Å². The van der Waals surface area contributed by atoms with Crippen molar-refractivity contribution in [1.82, 2.24) is 0 Å². The highest BCUT2D eigenvalue weighted by atomic mass is 16.5. The number of hydrogen-bond donors (Lipinski definition) is 2. The van der Waals surface area contributed by atoms with E-state index in [0.29, 0.717) is 6.61 Å². The van der Waals surface area contributed by atoms with Crippen LogP contribution in [0, 0.1) is 5.92 Å². The zero-order valence-electron chi connectivity index (χ0n) is 5.91. The molecule has 0 amide bonds. The Labute approximate surface area is 59.4 Å². The van der Waals surface area contributed by atoms with Gasteiger partial charge in [-0.15, -0.1) is 0 Å². The van der Waals surface area contributed by atoms with Gasteiger partial charge in [-0.2, -0.15) is 0 Å². The Hall–Kier alpha value is -0.610. The number of carboxylic acids is 1. The van der Waals surface area contributed by atoms with Crippen molar-refractivity contribution in [3.63, 3.8) is 0 Å². The van der Waals surface area contributed by atoms with Crippen molar-refractivity contribution >= 4 is 5.97 Å². The van der Waals surface area contributed by atoms with Gasteiger partial charge in [0, 0.05) is 12.5 Å². The van der Waals surface area contributed by atoms with Crippen LogP contribution >= 0.6 is 0 Å². The van der Waals surface area contributed by atoms with E-state index in [-0.39, 0.29) is 19.1 Å². The molecule has 0 fully saturated rings. The first kappa shape index (κ1) is 9.39. The monoisotopic (exact) mass is 148 g/mol. The smallest absolute Gasteiger partial charge is 0.329 e. The minimum Gasteiger partial charge on any atom is -0.480 e. The van der Waals surface area contributed by atoms with Gasteiger partial charge in [-0.25, -0.2) is 4.79 Å². The van der Waals surface area contributed by atoms with E-state index in [4.69, 9.17) is 10.2 Å². The van der Waals surface area contributed by atoms with E-state index in [0.717, 1.165) is 0 Å². The lowest BCUT2D eigenvalue weighted by Crippen LogP contribution is -2.14. The van der Waals surface area contributed by atoms with Gasteiger partial charge in [0.2, 0.25) is 0 Å². The van der Waals surface area contributed by atoms with Crippen molar-refractivity contribution in [2.45, 2.75) is 6.92 Å². The van der Waals surface area contributed by atoms with Crippen LogP contribution in [0.15, 0.2) is 0 Å². The molecule has 0 aromatic heterocycles. The molecule has 4 nitrogen and oxygen atoms in total. The van der Waals surface area contributed by atoms with Crippen LogP contribution in [0.1, 0.15) is 6.92 Å². The number of carbonyl (C=O) groups is 1. The highest BCUT2D eigenvalue weighted by Gasteiger charge is 2.01. The van der Waals surface area contributed by atoms with Crippen LogP contribution in [0.2, 0.25) is 0 Å². The van der Waals surface area contributed by atoms with Crippen LogP contribution in [0.5, 0.6) is 0 Å². The molecule has 0 unspecified atom stereocenters. The third-order valence-electron chi connectivity index (χ3n) is 0.940. The second kappa shape index (κ2) is 5.20. The molecule has 0 spiro atoms. The molecule has 60 valence electrons. The first-order valence-corrected chi connectivity index (χ1v) is 3.07. The Morgan fingerprint density at radius 3 is 2.70 bits per heavy atom. The van der Waals surface area contributed by atoms with Crippen LogP contribution < -0.4 is 0 Å². The maximum atomic E-state index is 9.88. The minimum atomic E-state index is -0.981. The molecular formula is C6H12O4. The Morgan fingerprint density at radius 2 is 2.30 bits per heavy atom. The molecule has 0 saturated carbocycles. The van der Waals surface area contributed by atoms with Crippen LogP contribution in [0.25, 0.3) is 0 Å². The number of aliphatic carboxylic acids is 1. The summed E-state index contributed by atoms with van der Waals surface area (Å²) >= 11 is 0. The van der Waals surface area contributed by atoms with E-state index >= 15 is 0 Å². The van der Waals surface area contributed by atoms with E-state index in [1.54, 1.807) is 6.92 Å². The fourth-order valence-corrected chi connectivity index (χ4v) is 0.400. The lowest BCUT2D eigenvalue weighted by Gasteiger charge is -2.05. The van der Waals surface area contributed by atoms with E-state index in [1.165, 1.54) is 0 Å². The maximum absolute atomic E-state index is 9.88. The van der Waals surface area contributed by atoms with Gasteiger partial charge in [0.25, 0.3) is 0 Å². The molecule has 1 atom stereocenters. The number of carboxylic acid groups (broad SMARTS) is 1. The van der Waals surface area contributed by atoms with Gasteiger partial charge in [0.15, 0.2) is 0 Å². The summed E-state index contributed by atoms with van der Waals surface area (Å²) in [5.74, 6) is -0.968. The third kappa shape index (κ3) is 5.53. The topological polar surface area (TPSA) is 66.8 Å². The highest BCUT2D eigenvalue weighted by Crippen LogP contribution is 1.92. The van der Waals surface area contributed by atoms with Crippen LogP contribution in [-0.4, -0.2) is 36.0 Å². The summed E-state index contributed by atoms with van der Waals surface area (Å²) < 4.78 is 4.69. The van der Waals surface area contributed by atoms with Crippen molar-refractivity contribution in [3.8, 4) is 0 Å². The Kier molecular flexibility index (Phi) is 4.88. The molecule has 0 aromatic rings. The van der Waals surface area contributed by atoms with Gasteiger partial charge >= 0.3 is 5.97 Å². The molecule has 0 aliphatic carbocycles. The maximum Gasteiger partial charge on any atom is 0.329 e. The number of rotatable bonds is 5. The van der Waals surface area contributed by atoms with Gasteiger partial charge < -0.3 is 14.9 Å². The van der Waals surface area contributed by atoms with E-state index in [2.05, 4.69) is 4.74 Å². The van der Waals surface area contributed by atoms with Gasteiger partial charge in [-0.1, -0.05) is 6.92 Å². The zero-order chi connectivity index (χ0) is 7.98. The molecule has 0 bridgehead atoms. The fourth-order valence-electron chi connectivity index (χ4n) is 0.400. The molecule has 0 saturated heterocycles. The van der Waals surface area contributed by atoms with Crippen molar-refractivity contribution < 1.29 is 19.7 Å². The van der Waals surface area contributed by atoms with Gasteiger partial charge in [0.05, 0.1) is 6.61 Å². The molecule has 0 aromatic carbocycles. The number of ether oxygens (including phenoxy) is 1. The second-order valence-electron chi connectivity index (χ2n) is 2.20. The minimum absolute atomic E-state index is 0.0133. The normalized spacial score (nSPS) is 13.0. The Bertz CT molecular complexity index is 102. The lowest BCUT2D eigenvalue weighted by molar-refractivity contribution is -0.142. The molecule has 0 heterocycles. The highest BCUT2D eigenvalue weighted by molar-refractivity contribution is 5.67. The van der Waals surface area contributed by atoms with Crippen LogP contribution in [-0.2, 0) is 9.53 Å². The fraction of sp³-hybridized carbons (Fsp3) is 0.833. The third-order valence-corrected chi connectivity index (χ3v) is 0.940. The van der Waals surface area contributed by atoms with Crippen molar-refractivity contribution in [2.75, 3.05) is 19.8 Å². The van der Waals surface area contributed by atoms with E-state index in [1.807, 2.05) is 0 Å². The zero-order valence-corrected chi connectivity index (χ0v) is 5.91. The average molecular weight is 148 g/mol. The second-order valence-corrected chi connectivity index (χ2v) is 2.20. The molecule has 0 rings (SSSR count). The standard InChI is InChI=1S/C6H12O4/c1-5(2-7)3-10-4-6(8)9/h5,7H,2-4H2,1H3,(H,8,9)/t5-/m0/s1. The number of aliphatic hydroxyl groups excluding tert-OH is 1.